The average Bonchev–Trinajstić information content (AvgIpc) is 3.61. The Bertz CT molecular complexity index is 1130. The number of aliphatic hydroxyl groups excluding tert-OH is 1. The molecule has 0 spiro atoms. The number of β-amino-alcohol motifs (C(OH)–C–C–N with tert-alkyl or cyclic N) is 1. The molecule has 3 heterocycles. The number of aromatic nitrogens is 3. The predicted molar refractivity (Wildman–Crippen MR) is 128 cm³/mol. The minimum absolute atomic E-state index is 0.206. The Labute approximate surface area is 202 Å². The summed E-state index contributed by atoms with van der Waals surface area (Å²) in [6.45, 7) is 5.60. The van der Waals surface area contributed by atoms with Gasteiger partial charge < -0.3 is 25.0 Å². The number of anilines is 1. The van der Waals surface area contributed by atoms with Crippen molar-refractivity contribution in [2.75, 3.05) is 18.0 Å². The SMILES string of the molecule is CC.OC1CNCCC1(O)Cn1ccc2c(N(Cc3ccc(C(F)(F)F)cc3)C3CC3)ncnc21. The van der Waals surface area contributed by atoms with Crippen LogP contribution in [-0.4, -0.2) is 55.6 Å². The molecule has 5 rings (SSSR count). The number of rotatable bonds is 6. The van der Waals surface area contributed by atoms with Crippen molar-refractivity contribution in [3.05, 3.63) is 54.0 Å². The van der Waals surface area contributed by atoms with Gasteiger partial charge in [-0.05, 0) is 49.6 Å². The lowest BCUT2D eigenvalue weighted by Gasteiger charge is -2.37. The van der Waals surface area contributed by atoms with Crippen LogP contribution >= 0.6 is 0 Å². The van der Waals surface area contributed by atoms with Gasteiger partial charge in [-0.2, -0.15) is 13.2 Å². The van der Waals surface area contributed by atoms with Crippen LogP contribution in [0.2, 0.25) is 0 Å². The van der Waals surface area contributed by atoms with Crippen LogP contribution in [0.25, 0.3) is 11.0 Å². The summed E-state index contributed by atoms with van der Waals surface area (Å²) in [5, 5.41) is 25.2. The zero-order valence-corrected chi connectivity index (χ0v) is 20.0. The number of alkyl halides is 3. The Balaban J connectivity index is 0.00000141. The van der Waals surface area contributed by atoms with Crippen molar-refractivity contribution >= 4 is 16.9 Å². The molecule has 0 amide bonds. The second kappa shape index (κ2) is 10.1. The van der Waals surface area contributed by atoms with E-state index < -0.39 is 23.4 Å². The van der Waals surface area contributed by atoms with Gasteiger partial charge in [0.05, 0.1) is 23.6 Å². The smallest absolute Gasteiger partial charge is 0.389 e. The zero-order valence-electron chi connectivity index (χ0n) is 20.0. The van der Waals surface area contributed by atoms with Crippen LogP contribution < -0.4 is 10.2 Å². The zero-order chi connectivity index (χ0) is 25.2. The van der Waals surface area contributed by atoms with Crippen molar-refractivity contribution in [2.45, 2.75) is 70.1 Å². The lowest BCUT2D eigenvalue weighted by atomic mass is 9.89. The van der Waals surface area contributed by atoms with Gasteiger partial charge in [-0.25, -0.2) is 9.97 Å². The van der Waals surface area contributed by atoms with Gasteiger partial charge in [0.2, 0.25) is 0 Å². The van der Waals surface area contributed by atoms with Crippen molar-refractivity contribution < 1.29 is 23.4 Å². The number of benzene rings is 1. The van der Waals surface area contributed by atoms with E-state index >= 15 is 0 Å². The summed E-state index contributed by atoms with van der Waals surface area (Å²) in [6.07, 6.45) is 0.471. The van der Waals surface area contributed by atoms with E-state index in [0.717, 1.165) is 41.7 Å². The summed E-state index contributed by atoms with van der Waals surface area (Å²) in [5.41, 5.74) is -0.493. The maximum atomic E-state index is 12.9. The Morgan fingerprint density at radius 1 is 1.14 bits per heavy atom. The highest BCUT2D eigenvalue weighted by molar-refractivity contribution is 5.88. The minimum Gasteiger partial charge on any atom is -0.389 e. The lowest BCUT2D eigenvalue weighted by Crippen LogP contribution is -2.56. The van der Waals surface area contributed by atoms with E-state index in [1.54, 1.807) is 0 Å². The molecule has 1 saturated carbocycles. The van der Waals surface area contributed by atoms with E-state index in [1.165, 1.54) is 18.5 Å². The number of fused-ring (bicyclic) bond motifs is 1. The molecule has 1 aliphatic heterocycles. The largest absolute Gasteiger partial charge is 0.416 e. The van der Waals surface area contributed by atoms with Crippen LogP contribution in [0, 0.1) is 0 Å². The minimum atomic E-state index is -4.36. The Morgan fingerprint density at radius 3 is 2.49 bits per heavy atom. The second-order valence-corrected chi connectivity index (χ2v) is 9.01. The third-order valence-electron chi connectivity index (χ3n) is 6.57. The number of halogens is 3. The van der Waals surface area contributed by atoms with Crippen LogP contribution in [0.5, 0.6) is 0 Å². The molecule has 1 aliphatic carbocycles. The summed E-state index contributed by atoms with van der Waals surface area (Å²) >= 11 is 0. The Kier molecular flexibility index (Phi) is 7.35. The molecular weight excluding hydrogens is 459 g/mol. The summed E-state index contributed by atoms with van der Waals surface area (Å²) in [6, 6.07) is 7.40. The number of hydrogen-bond donors (Lipinski definition) is 3. The highest BCUT2D eigenvalue weighted by Crippen LogP contribution is 2.36. The molecule has 3 aromatic rings. The number of nitrogens with zero attached hydrogens (tertiary/aromatic N) is 4. The van der Waals surface area contributed by atoms with Crippen LogP contribution in [0.15, 0.2) is 42.9 Å². The fourth-order valence-corrected chi connectivity index (χ4v) is 4.49. The van der Waals surface area contributed by atoms with Crippen molar-refractivity contribution in [3.8, 4) is 0 Å². The monoisotopic (exact) mass is 491 g/mol. The first-order chi connectivity index (χ1) is 16.7. The van der Waals surface area contributed by atoms with E-state index in [1.807, 2.05) is 30.7 Å². The number of hydrogen-bond acceptors (Lipinski definition) is 6. The molecule has 2 unspecified atom stereocenters. The number of nitrogens with one attached hydrogen (secondary N) is 1. The van der Waals surface area contributed by atoms with E-state index in [2.05, 4.69) is 20.2 Å². The normalized spacial score (nSPS) is 22.5. The predicted octanol–water partition coefficient (Wildman–Crippen LogP) is 3.73. The van der Waals surface area contributed by atoms with E-state index in [9.17, 15) is 23.4 Å². The lowest BCUT2D eigenvalue weighted by molar-refractivity contribution is -0.137. The second-order valence-electron chi connectivity index (χ2n) is 9.01. The number of aliphatic hydroxyl groups is 2. The molecular formula is C25H32F3N5O2. The van der Waals surface area contributed by atoms with Crippen LogP contribution in [0.1, 0.15) is 44.2 Å². The molecule has 3 N–H and O–H groups in total. The van der Waals surface area contributed by atoms with Crippen LogP contribution in [0.4, 0.5) is 19.0 Å². The van der Waals surface area contributed by atoms with Crippen molar-refractivity contribution in [3.63, 3.8) is 0 Å². The molecule has 7 nitrogen and oxygen atoms in total. The molecule has 35 heavy (non-hydrogen) atoms. The van der Waals surface area contributed by atoms with Crippen LogP contribution in [-0.2, 0) is 19.3 Å². The van der Waals surface area contributed by atoms with Gasteiger partial charge in [-0.1, -0.05) is 26.0 Å². The topological polar surface area (TPSA) is 86.4 Å². The van der Waals surface area contributed by atoms with Gasteiger partial charge in [0.15, 0.2) is 0 Å². The van der Waals surface area contributed by atoms with Crippen molar-refractivity contribution in [1.82, 2.24) is 19.9 Å². The van der Waals surface area contributed by atoms with Gasteiger partial charge in [-0.15, -0.1) is 0 Å². The van der Waals surface area contributed by atoms with E-state index in [0.29, 0.717) is 31.7 Å². The first-order valence-electron chi connectivity index (χ1n) is 12.1. The Morgan fingerprint density at radius 2 is 1.86 bits per heavy atom. The first kappa shape index (κ1) is 25.4. The molecule has 2 fully saturated rings. The maximum Gasteiger partial charge on any atom is 0.416 e. The summed E-state index contributed by atoms with van der Waals surface area (Å²) < 4.78 is 40.6. The fourth-order valence-electron chi connectivity index (χ4n) is 4.49. The third kappa shape index (κ3) is 5.44. The molecule has 0 radical (unpaired) electrons. The summed E-state index contributed by atoms with van der Waals surface area (Å²) in [5.74, 6) is 0.721. The van der Waals surface area contributed by atoms with Gasteiger partial charge in [-0.3, -0.25) is 0 Å². The Hall–Kier alpha value is -2.69. The molecule has 0 bridgehead atoms. The molecule has 1 aromatic carbocycles. The molecule has 2 atom stereocenters. The van der Waals surface area contributed by atoms with E-state index in [-0.39, 0.29) is 12.6 Å². The summed E-state index contributed by atoms with van der Waals surface area (Å²) in [7, 11) is 0. The third-order valence-corrected chi connectivity index (χ3v) is 6.57. The number of piperidine rings is 1. The first-order valence-corrected chi connectivity index (χ1v) is 12.1. The van der Waals surface area contributed by atoms with Crippen molar-refractivity contribution in [2.24, 2.45) is 0 Å². The van der Waals surface area contributed by atoms with Gasteiger partial charge in [0, 0.05) is 25.3 Å². The van der Waals surface area contributed by atoms with Gasteiger partial charge in [0.1, 0.15) is 23.4 Å². The standard InChI is InChI=1S/C23H26F3N5O2.C2H6/c24-23(25,26)16-3-1-15(2-4-16)12-31(17-5-6-17)21-18-7-10-30(20(18)28-14-29-21)13-22(33)8-9-27-11-19(22)32;1-2/h1-4,7,10,14,17,19,27,32-33H,5-6,8-9,11-13H2;1-2H3. The molecule has 10 heteroatoms. The molecule has 2 aromatic heterocycles. The van der Waals surface area contributed by atoms with Gasteiger partial charge in [0.25, 0.3) is 0 Å². The maximum absolute atomic E-state index is 12.9. The molecule has 2 aliphatic rings. The molecule has 190 valence electrons. The highest BCUT2D eigenvalue weighted by atomic mass is 19.4. The quantitative estimate of drug-likeness (QED) is 0.487. The molecule has 1 saturated heterocycles. The highest BCUT2D eigenvalue weighted by Gasteiger charge is 2.39. The van der Waals surface area contributed by atoms with Gasteiger partial charge >= 0.3 is 6.18 Å². The fraction of sp³-hybridized carbons (Fsp3) is 0.520. The van der Waals surface area contributed by atoms with Crippen molar-refractivity contribution in [1.29, 1.82) is 0 Å². The van der Waals surface area contributed by atoms with Crippen LogP contribution in [0.3, 0.4) is 0 Å². The van der Waals surface area contributed by atoms with E-state index in [4.69, 9.17) is 0 Å². The summed E-state index contributed by atoms with van der Waals surface area (Å²) in [4.78, 5) is 11.1. The average molecular weight is 492 g/mol.